The molecule has 8 heteroatoms. The molecule has 4 heterocycles. The molecular weight excluding hydrogens is 357 g/mol. The molecule has 28 heavy (non-hydrogen) atoms. The smallest absolute Gasteiger partial charge is 0.137 e. The van der Waals surface area contributed by atoms with E-state index in [9.17, 15) is 4.39 Å². The molecule has 1 aromatic carbocycles. The molecule has 0 aliphatic carbocycles. The normalized spacial score (nSPS) is 11.4. The van der Waals surface area contributed by atoms with E-state index in [1.807, 2.05) is 37.9 Å². The van der Waals surface area contributed by atoms with Crippen molar-refractivity contribution in [3.8, 4) is 22.4 Å². The molecule has 4 aromatic heterocycles. The molecule has 5 aromatic rings. The van der Waals surface area contributed by atoms with Crippen LogP contribution in [0.3, 0.4) is 0 Å². The first kappa shape index (κ1) is 16.4. The largest absolute Gasteiger partial charge is 0.345 e. The Bertz CT molecular complexity index is 1280. The fourth-order valence-electron chi connectivity index (χ4n) is 3.24. The topological polar surface area (TPSA) is 77.2 Å². The number of benzene rings is 1. The first-order valence-corrected chi connectivity index (χ1v) is 8.77. The summed E-state index contributed by atoms with van der Waals surface area (Å²) in [7, 11) is 1.88. The highest BCUT2D eigenvalue weighted by Crippen LogP contribution is 2.29. The molecule has 138 valence electrons. The molecule has 0 bridgehead atoms. The van der Waals surface area contributed by atoms with Gasteiger partial charge < -0.3 is 4.98 Å². The molecule has 0 unspecified atom stereocenters. The second-order valence-corrected chi connectivity index (χ2v) is 6.62. The molecule has 0 aliphatic heterocycles. The average molecular weight is 373 g/mol. The third-order valence-corrected chi connectivity index (χ3v) is 4.67. The number of fused-ring (bicyclic) bond motifs is 1. The SMILES string of the molecule is Cn1cc(-c2cnc3[nH]cc(-c4cn(Cc5ccccc5F)nn4)c3c2)cn1. The summed E-state index contributed by atoms with van der Waals surface area (Å²) < 4.78 is 17.3. The lowest BCUT2D eigenvalue weighted by atomic mass is 10.1. The minimum atomic E-state index is -0.253. The molecule has 0 atom stereocenters. The number of nitrogens with zero attached hydrogens (tertiary/aromatic N) is 6. The van der Waals surface area contributed by atoms with E-state index in [1.165, 1.54) is 6.07 Å². The molecule has 0 aliphatic rings. The quantitative estimate of drug-likeness (QED) is 0.524. The van der Waals surface area contributed by atoms with Crippen LogP contribution in [-0.2, 0) is 13.6 Å². The van der Waals surface area contributed by atoms with Gasteiger partial charge in [-0.1, -0.05) is 23.4 Å². The average Bonchev–Trinajstić information content (AvgIpc) is 3.42. The van der Waals surface area contributed by atoms with Gasteiger partial charge in [0.05, 0.1) is 18.9 Å². The number of rotatable bonds is 4. The monoisotopic (exact) mass is 373 g/mol. The van der Waals surface area contributed by atoms with Crippen LogP contribution in [0.1, 0.15) is 5.56 Å². The Labute approximate surface area is 159 Å². The van der Waals surface area contributed by atoms with Crippen molar-refractivity contribution in [2.75, 3.05) is 0 Å². The zero-order chi connectivity index (χ0) is 19.1. The molecule has 0 fully saturated rings. The molecule has 0 saturated heterocycles. The predicted molar refractivity (Wildman–Crippen MR) is 103 cm³/mol. The molecule has 5 rings (SSSR count). The van der Waals surface area contributed by atoms with Crippen molar-refractivity contribution < 1.29 is 4.39 Å². The van der Waals surface area contributed by atoms with Gasteiger partial charge in [-0.3, -0.25) is 4.68 Å². The van der Waals surface area contributed by atoms with Gasteiger partial charge in [0.25, 0.3) is 0 Å². The molecule has 0 amide bonds. The number of aromatic nitrogens is 7. The summed E-state index contributed by atoms with van der Waals surface area (Å²) in [5.41, 5.74) is 4.90. The summed E-state index contributed by atoms with van der Waals surface area (Å²) in [6.07, 6.45) is 9.24. The van der Waals surface area contributed by atoms with Crippen molar-refractivity contribution in [2.45, 2.75) is 6.54 Å². The van der Waals surface area contributed by atoms with Gasteiger partial charge in [0.15, 0.2) is 0 Å². The van der Waals surface area contributed by atoms with Gasteiger partial charge >= 0.3 is 0 Å². The van der Waals surface area contributed by atoms with E-state index in [2.05, 4.69) is 31.4 Å². The lowest BCUT2D eigenvalue weighted by Crippen LogP contribution is -2.02. The standard InChI is InChI=1S/C20H16FN7/c1-27-10-15(8-24-27)14-6-16-17(9-23-20(16)22-7-14)19-12-28(26-25-19)11-13-4-2-3-5-18(13)21/h2-10,12H,11H2,1H3,(H,22,23). The Morgan fingerprint density at radius 1 is 1.11 bits per heavy atom. The zero-order valence-electron chi connectivity index (χ0n) is 15.0. The van der Waals surface area contributed by atoms with E-state index in [1.54, 1.807) is 27.7 Å². The van der Waals surface area contributed by atoms with E-state index in [-0.39, 0.29) is 5.82 Å². The Morgan fingerprint density at radius 2 is 2.00 bits per heavy atom. The highest BCUT2D eigenvalue weighted by molar-refractivity contribution is 5.94. The summed E-state index contributed by atoms with van der Waals surface area (Å²) >= 11 is 0. The number of hydrogen-bond donors (Lipinski definition) is 1. The summed E-state index contributed by atoms with van der Waals surface area (Å²) in [6, 6.07) is 8.72. The van der Waals surface area contributed by atoms with Crippen molar-refractivity contribution in [3.63, 3.8) is 0 Å². The second kappa shape index (κ2) is 6.41. The number of pyridine rings is 1. The number of hydrogen-bond acceptors (Lipinski definition) is 4. The van der Waals surface area contributed by atoms with Gasteiger partial charge in [-0.05, 0) is 12.1 Å². The fourth-order valence-corrected chi connectivity index (χ4v) is 3.24. The van der Waals surface area contributed by atoms with Crippen LogP contribution < -0.4 is 0 Å². The van der Waals surface area contributed by atoms with Crippen molar-refractivity contribution >= 4 is 11.0 Å². The van der Waals surface area contributed by atoms with E-state index >= 15 is 0 Å². The maximum atomic E-state index is 13.9. The summed E-state index contributed by atoms with van der Waals surface area (Å²) in [4.78, 5) is 7.67. The molecule has 0 saturated carbocycles. The Morgan fingerprint density at radius 3 is 2.82 bits per heavy atom. The van der Waals surface area contributed by atoms with Crippen LogP contribution in [0.2, 0.25) is 0 Å². The van der Waals surface area contributed by atoms with Gasteiger partial charge in [-0.15, -0.1) is 5.10 Å². The molecular formula is C20H16FN7. The van der Waals surface area contributed by atoms with Gasteiger partial charge in [-0.25, -0.2) is 14.1 Å². The van der Waals surface area contributed by atoms with E-state index in [0.29, 0.717) is 17.8 Å². The Balaban J connectivity index is 1.51. The number of aryl methyl sites for hydroxylation is 1. The van der Waals surface area contributed by atoms with Crippen LogP contribution in [0, 0.1) is 5.82 Å². The molecule has 0 radical (unpaired) electrons. The molecule has 1 N–H and O–H groups in total. The summed E-state index contributed by atoms with van der Waals surface area (Å²) in [5.74, 6) is -0.253. The first-order valence-electron chi connectivity index (χ1n) is 8.77. The maximum absolute atomic E-state index is 13.9. The number of nitrogens with one attached hydrogen (secondary N) is 1. The van der Waals surface area contributed by atoms with E-state index in [0.717, 1.165) is 27.7 Å². The van der Waals surface area contributed by atoms with Crippen LogP contribution in [0.15, 0.2) is 61.3 Å². The van der Waals surface area contributed by atoms with Gasteiger partial charge in [0.1, 0.15) is 17.2 Å². The number of aromatic amines is 1. The highest BCUT2D eigenvalue weighted by Gasteiger charge is 2.13. The lowest BCUT2D eigenvalue weighted by molar-refractivity contribution is 0.577. The van der Waals surface area contributed by atoms with Crippen LogP contribution in [0.5, 0.6) is 0 Å². The summed E-state index contributed by atoms with van der Waals surface area (Å²) in [6.45, 7) is 0.321. The Hall–Kier alpha value is -3.81. The molecule has 0 spiro atoms. The molecule has 7 nitrogen and oxygen atoms in total. The predicted octanol–water partition coefficient (Wildman–Crippen LogP) is 3.41. The second-order valence-electron chi connectivity index (χ2n) is 6.62. The third-order valence-electron chi connectivity index (χ3n) is 4.67. The maximum Gasteiger partial charge on any atom is 0.137 e. The van der Waals surface area contributed by atoms with E-state index in [4.69, 9.17) is 0 Å². The van der Waals surface area contributed by atoms with Gasteiger partial charge in [-0.2, -0.15) is 5.10 Å². The third kappa shape index (κ3) is 2.84. The van der Waals surface area contributed by atoms with Crippen LogP contribution in [0.25, 0.3) is 33.4 Å². The zero-order valence-corrected chi connectivity index (χ0v) is 15.0. The minimum Gasteiger partial charge on any atom is -0.345 e. The fraction of sp³-hybridized carbons (Fsp3) is 0.100. The van der Waals surface area contributed by atoms with Crippen molar-refractivity contribution in [3.05, 3.63) is 72.7 Å². The number of halogens is 1. The highest BCUT2D eigenvalue weighted by atomic mass is 19.1. The van der Waals surface area contributed by atoms with Gasteiger partial charge in [0.2, 0.25) is 0 Å². The Kier molecular flexibility index (Phi) is 3.75. The first-order chi connectivity index (χ1) is 13.7. The van der Waals surface area contributed by atoms with Crippen LogP contribution in [0.4, 0.5) is 4.39 Å². The van der Waals surface area contributed by atoms with Crippen molar-refractivity contribution in [1.29, 1.82) is 0 Å². The van der Waals surface area contributed by atoms with Crippen molar-refractivity contribution in [2.24, 2.45) is 7.05 Å². The lowest BCUT2D eigenvalue weighted by Gasteiger charge is -2.01. The van der Waals surface area contributed by atoms with Crippen LogP contribution in [-0.4, -0.2) is 34.7 Å². The summed E-state index contributed by atoms with van der Waals surface area (Å²) in [5, 5.41) is 13.6. The number of H-pyrrole nitrogens is 1. The van der Waals surface area contributed by atoms with Crippen molar-refractivity contribution in [1.82, 2.24) is 34.7 Å². The van der Waals surface area contributed by atoms with E-state index < -0.39 is 0 Å². The van der Waals surface area contributed by atoms with Gasteiger partial charge in [0, 0.05) is 53.3 Å². The van der Waals surface area contributed by atoms with Crippen LogP contribution >= 0.6 is 0 Å². The minimum absolute atomic E-state index is 0.253.